The van der Waals surface area contributed by atoms with Crippen molar-refractivity contribution in [1.82, 2.24) is 4.90 Å². The summed E-state index contributed by atoms with van der Waals surface area (Å²) in [5, 5.41) is 0. The molecular weight excluding hydrogens is 278 g/mol. The number of benzene rings is 1. The fourth-order valence-electron chi connectivity index (χ4n) is 4.32. The summed E-state index contributed by atoms with van der Waals surface area (Å²) in [6.07, 6.45) is 3.45. The summed E-state index contributed by atoms with van der Waals surface area (Å²) in [6, 6.07) is 6.59. The van der Waals surface area contributed by atoms with Gasteiger partial charge in [0.05, 0.1) is 14.2 Å². The lowest BCUT2D eigenvalue weighted by Crippen LogP contribution is -2.47. The van der Waals surface area contributed by atoms with Crippen molar-refractivity contribution < 1.29 is 14.3 Å². The van der Waals surface area contributed by atoms with E-state index in [0.29, 0.717) is 24.7 Å². The van der Waals surface area contributed by atoms with Crippen LogP contribution in [0.25, 0.3) is 0 Å². The van der Waals surface area contributed by atoms with Gasteiger partial charge in [-0.15, -0.1) is 0 Å². The van der Waals surface area contributed by atoms with Crippen molar-refractivity contribution in [1.29, 1.82) is 0 Å². The fraction of sp³-hybridized carbons (Fsp3) is 0.611. The van der Waals surface area contributed by atoms with Gasteiger partial charge in [0.1, 0.15) is 5.78 Å². The topological polar surface area (TPSA) is 38.8 Å². The van der Waals surface area contributed by atoms with Crippen LogP contribution in [0.15, 0.2) is 18.2 Å². The molecule has 0 bridgehead atoms. The Hall–Kier alpha value is -1.55. The quantitative estimate of drug-likeness (QED) is 0.857. The number of carbonyl (C=O) groups excluding carboxylic acids is 1. The van der Waals surface area contributed by atoms with Crippen LogP contribution in [0, 0.1) is 0 Å². The Morgan fingerprint density at radius 1 is 1.23 bits per heavy atom. The smallest absolute Gasteiger partial charge is 0.161 e. The van der Waals surface area contributed by atoms with E-state index in [9.17, 15) is 4.79 Å². The Labute approximate surface area is 132 Å². The molecule has 1 heterocycles. The number of fused-ring (bicyclic) bond motifs is 1. The SMILES string of the molecule is CCN1CCC2(c3ccc(OC)c(OC)c3)CCC(=O)CC12. The molecule has 120 valence electrons. The standard InChI is InChI=1S/C18H25NO3/c1-4-19-10-9-18(8-7-14(20)12-17(18)19)13-5-6-15(21-2)16(11-13)22-3/h5-6,11,17H,4,7-10,12H2,1-3H3. The third kappa shape index (κ3) is 2.30. The molecule has 2 aliphatic rings. The van der Waals surface area contributed by atoms with E-state index in [1.807, 2.05) is 6.07 Å². The predicted octanol–water partition coefficient (Wildman–Crippen LogP) is 2.79. The second-order valence-electron chi connectivity index (χ2n) is 6.36. The molecule has 1 saturated carbocycles. The van der Waals surface area contributed by atoms with E-state index in [1.165, 1.54) is 5.56 Å². The molecule has 4 heteroatoms. The Balaban J connectivity index is 2.02. The number of nitrogens with zero attached hydrogens (tertiary/aromatic N) is 1. The molecular formula is C18H25NO3. The molecule has 2 fully saturated rings. The van der Waals surface area contributed by atoms with Crippen LogP contribution in [0.1, 0.15) is 38.2 Å². The van der Waals surface area contributed by atoms with Gasteiger partial charge in [-0.3, -0.25) is 9.69 Å². The van der Waals surface area contributed by atoms with Crippen molar-refractivity contribution in [2.24, 2.45) is 0 Å². The number of ketones is 1. The van der Waals surface area contributed by atoms with E-state index in [0.717, 1.165) is 37.4 Å². The zero-order valence-electron chi connectivity index (χ0n) is 13.7. The molecule has 4 nitrogen and oxygen atoms in total. The Morgan fingerprint density at radius 3 is 2.68 bits per heavy atom. The number of likely N-dealkylation sites (tertiary alicyclic amines) is 1. The summed E-state index contributed by atoms with van der Waals surface area (Å²) in [6.45, 7) is 4.26. The zero-order valence-corrected chi connectivity index (χ0v) is 13.7. The van der Waals surface area contributed by atoms with Crippen LogP contribution in [-0.4, -0.2) is 44.0 Å². The van der Waals surface area contributed by atoms with Crippen LogP contribution >= 0.6 is 0 Å². The average molecular weight is 303 g/mol. The summed E-state index contributed by atoms with van der Waals surface area (Å²) in [4.78, 5) is 14.5. The molecule has 1 aliphatic carbocycles. The normalized spacial score (nSPS) is 28.5. The highest BCUT2D eigenvalue weighted by molar-refractivity contribution is 5.81. The van der Waals surface area contributed by atoms with Crippen LogP contribution < -0.4 is 9.47 Å². The second-order valence-corrected chi connectivity index (χ2v) is 6.36. The molecule has 0 radical (unpaired) electrons. The van der Waals surface area contributed by atoms with E-state index >= 15 is 0 Å². The molecule has 1 aliphatic heterocycles. The maximum Gasteiger partial charge on any atom is 0.161 e. The molecule has 22 heavy (non-hydrogen) atoms. The minimum Gasteiger partial charge on any atom is -0.493 e. The zero-order chi connectivity index (χ0) is 15.7. The van der Waals surface area contributed by atoms with Gasteiger partial charge in [0.2, 0.25) is 0 Å². The molecule has 3 rings (SSSR count). The summed E-state index contributed by atoms with van der Waals surface area (Å²) in [5.74, 6) is 1.94. The maximum atomic E-state index is 12.0. The number of hydrogen-bond acceptors (Lipinski definition) is 4. The van der Waals surface area contributed by atoms with E-state index in [1.54, 1.807) is 14.2 Å². The van der Waals surface area contributed by atoms with Gasteiger partial charge in [0.15, 0.2) is 11.5 Å². The third-order valence-corrected chi connectivity index (χ3v) is 5.56. The molecule has 0 aromatic heterocycles. The second kappa shape index (κ2) is 5.92. The number of ether oxygens (including phenoxy) is 2. The fourth-order valence-corrected chi connectivity index (χ4v) is 4.32. The van der Waals surface area contributed by atoms with Gasteiger partial charge in [-0.25, -0.2) is 0 Å². The van der Waals surface area contributed by atoms with Gasteiger partial charge in [-0.2, -0.15) is 0 Å². The molecule has 0 amide bonds. The highest BCUT2D eigenvalue weighted by atomic mass is 16.5. The van der Waals surface area contributed by atoms with Crippen LogP contribution in [0.3, 0.4) is 0 Å². The minimum atomic E-state index is 0.0868. The Kier molecular flexibility index (Phi) is 4.13. The van der Waals surface area contributed by atoms with Crippen LogP contribution in [0.5, 0.6) is 11.5 Å². The monoisotopic (exact) mass is 303 g/mol. The first-order valence-corrected chi connectivity index (χ1v) is 8.13. The molecule has 1 aromatic rings. The van der Waals surface area contributed by atoms with E-state index < -0.39 is 0 Å². The lowest BCUT2D eigenvalue weighted by atomic mass is 9.66. The van der Waals surface area contributed by atoms with Crippen LogP contribution in [0.4, 0.5) is 0 Å². The maximum absolute atomic E-state index is 12.0. The molecule has 1 aromatic carbocycles. The highest BCUT2D eigenvalue weighted by Gasteiger charge is 2.50. The van der Waals surface area contributed by atoms with E-state index in [2.05, 4.69) is 24.0 Å². The lowest BCUT2D eigenvalue weighted by molar-refractivity contribution is -0.122. The van der Waals surface area contributed by atoms with Crippen molar-refractivity contribution in [2.75, 3.05) is 27.3 Å². The number of rotatable bonds is 4. The molecule has 1 saturated heterocycles. The Morgan fingerprint density at radius 2 is 2.00 bits per heavy atom. The highest BCUT2D eigenvalue weighted by Crippen LogP contribution is 2.49. The molecule has 0 spiro atoms. The summed E-state index contributed by atoms with van der Waals surface area (Å²) in [5.41, 5.74) is 1.38. The molecule has 2 unspecified atom stereocenters. The summed E-state index contributed by atoms with van der Waals surface area (Å²) in [7, 11) is 3.33. The Bertz CT molecular complexity index is 571. The predicted molar refractivity (Wildman–Crippen MR) is 85.7 cm³/mol. The van der Waals surface area contributed by atoms with Gasteiger partial charge in [0, 0.05) is 24.3 Å². The van der Waals surface area contributed by atoms with Crippen LogP contribution in [0.2, 0.25) is 0 Å². The number of methoxy groups -OCH3 is 2. The van der Waals surface area contributed by atoms with Gasteiger partial charge in [0.25, 0.3) is 0 Å². The van der Waals surface area contributed by atoms with Crippen molar-refractivity contribution in [3.05, 3.63) is 23.8 Å². The number of likely N-dealkylation sites (N-methyl/N-ethyl adjacent to an activating group) is 1. The van der Waals surface area contributed by atoms with Crippen LogP contribution in [-0.2, 0) is 10.2 Å². The van der Waals surface area contributed by atoms with Gasteiger partial charge >= 0.3 is 0 Å². The lowest BCUT2D eigenvalue weighted by Gasteiger charge is -2.41. The first kappa shape index (κ1) is 15.3. The number of Topliss-reactive ketones (excluding diaryl/α,β-unsaturated/α-hetero) is 1. The van der Waals surface area contributed by atoms with E-state index in [-0.39, 0.29) is 5.41 Å². The van der Waals surface area contributed by atoms with Crippen molar-refractivity contribution in [3.63, 3.8) is 0 Å². The van der Waals surface area contributed by atoms with Crippen molar-refractivity contribution in [2.45, 2.75) is 44.1 Å². The minimum absolute atomic E-state index is 0.0868. The van der Waals surface area contributed by atoms with Gasteiger partial charge in [-0.05, 0) is 43.6 Å². The van der Waals surface area contributed by atoms with Crippen molar-refractivity contribution >= 4 is 5.78 Å². The summed E-state index contributed by atoms with van der Waals surface area (Å²) >= 11 is 0. The first-order valence-electron chi connectivity index (χ1n) is 8.13. The third-order valence-electron chi connectivity index (χ3n) is 5.56. The van der Waals surface area contributed by atoms with E-state index in [4.69, 9.17) is 9.47 Å². The largest absolute Gasteiger partial charge is 0.493 e. The first-order chi connectivity index (χ1) is 10.6. The number of hydrogen-bond donors (Lipinski definition) is 0. The molecule has 2 atom stereocenters. The van der Waals surface area contributed by atoms with Gasteiger partial charge in [-0.1, -0.05) is 13.0 Å². The summed E-state index contributed by atoms with van der Waals surface area (Å²) < 4.78 is 10.8. The van der Waals surface area contributed by atoms with Crippen molar-refractivity contribution in [3.8, 4) is 11.5 Å². The average Bonchev–Trinajstić information content (AvgIpc) is 2.93. The van der Waals surface area contributed by atoms with Gasteiger partial charge < -0.3 is 9.47 Å². The number of carbonyl (C=O) groups is 1. The molecule has 0 N–H and O–H groups in total.